The lowest BCUT2D eigenvalue weighted by atomic mass is 10.1. The fourth-order valence-electron chi connectivity index (χ4n) is 3.12. The van der Waals surface area contributed by atoms with Gasteiger partial charge in [-0.25, -0.2) is 9.97 Å². The van der Waals surface area contributed by atoms with Gasteiger partial charge in [0, 0.05) is 50.0 Å². The molecule has 0 bridgehead atoms. The van der Waals surface area contributed by atoms with E-state index in [4.69, 9.17) is 4.74 Å². The van der Waals surface area contributed by atoms with Gasteiger partial charge < -0.3 is 15.0 Å². The minimum Gasteiger partial charge on any atom is -0.379 e. The van der Waals surface area contributed by atoms with Crippen molar-refractivity contribution in [3.63, 3.8) is 0 Å². The predicted molar refractivity (Wildman–Crippen MR) is 98.3 cm³/mol. The summed E-state index contributed by atoms with van der Waals surface area (Å²) < 4.78 is 5.37. The number of hydrogen-bond acceptors (Lipinski definition) is 5. The lowest BCUT2D eigenvalue weighted by molar-refractivity contribution is 0.0384. The zero-order valence-corrected chi connectivity index (χ0v) is 14.2. The van der Waals surface area contributed by atoms with Gasteiger partial charge in [0.25, 0.3) is 0 Å². The quantitative estimate of drug-likeness (QED) is 0.674. The monoisotopic (exact) mass is 337 g/mol. The summed E-state index contributed by atoms with van der Waals surface area (Å²) in [5.41, 5.74) is 4.40. The molecule has 25 heavy (non-hydrogen) atoms. The van der Waals surface area contributed by atoms with Crippen LogP contribution >= 0.6 is 0 Å². The predicted octanol–water partition coefficient (Wildman–Crippen LogP) is 2.05. The molecule has 1 fully saturated rings. The summed E-state index contributed by atoms with van der Waals surface area (Å²) in [4.78, 5) is 14.1. The lowest BCUT2D eigenvalue weighted by Gasteiger charge is -2.26. The van der Waals surface area contributed by atoms with Crippen LogP contribution in [0.15, 0.2) is 42.9 Å². The first-order valence-electron chi connectivity index (χ1n) is 8.77. The summed E-state index contributed by atoms with van der Waals surface area (Å²) in [6.45, 7) is 6.79. The molecule has 3 heterocycles. The number of hydrogen-bond donors (Lipinski definition) is 2. The first-order valence-corrected chi connectivity index (χ1v) is 8.77. The molecule has 1 aliphatic rings. The Kier molecular flexibility index (Phi) is 5.01. The number of H-pyrrole nitrogens is 1. The van der Waals surface area contributed by atoms with E-state index in [0.717, 1.165) is 68.2 Å². The molecule has 2 N–H and O–H groups in total. The molecule has 6 nitrogen and oxygen atoms in total. The van der Waals surface area contributed by atoms with Crippen LogP contribution in [0.1, 0.15) is 5.56 Å². The van der Waals surface area contributed by atoms with E-state index in [0.29, 0.717) is 0 Å². The molecule has 3 aromatic rings. The van der Waals surface area contributed by atoms with E-state index in [9.17, 15) is 0 Å². The maximum Gasteiger partial charge on any atom is 0.141 e. The Hall–Kier alpha value is -2.28. The summed E-state index contributed by atoms with van der Waals surface area (Å²) in [6, 6.07) is 10.7. The number of fused-ring (bicyclic) bond motifs is 1. The van der Waals surface area contributed by atoms with E-state index in [1.165, 1.54) is 5.56 Å². The second-order valence-corrected chi connectivity index (χ2v) is 6.34. The van der Waals surface area contributed by atoms with Crippen LogP contribution in [0, 0.1) is 0 Å². The van der Waals surface area contributed by atoms with Crippen molar-refractivity contribution in [3.05, 3.63) is 48.4 Å². The summed E-state index contributed by atoms with van der Waals surface area (Å²) in [5.74, 6) is 0. The smallest absolute Gasteiger partial charge is 0.141 e. The van der Waals surface area contributed by atoms with Gasteiger partial charge in [-0.3, -0.25) is 4.90 Å². The van der Waals surface area contributed by atoms with Crippen molar-refractivity contribution in [2.45, 2.75) is 6.54 Å². The van der Waals surface area contributed by atoms with Crippen molar-refractivity contribution in [3.8, 4) is 11.3 Å². The van der Waals surface area contributed by atoms with Crippen molar-refractivity contribution in [1.29, 1.82) is 0 Å². The van der Waals surface area contributed by atoms with Gasteiger partial charge in [0.05, 0.1) is 13.2 Å². The Morgan fingerprint density at radius 1 is 1.16 bits per heavy atom. The normalized spacial score (nSPS) is 15.7. The van der Waals surface area contributed by atoms with Crippen molar-refractivity contribution >= 4 is 11.0 Å². The number of morpholine rings is 1. The fraction of sp³-hybridized carbons (Fsp3) is 0.368. The number of benzene rings is 1. The molecule has 0 unspecified atom stereocenters. The highest BCUT2D eigenvalue weighted by atomic mass is 16.5. The van der Waals surface area contributed by atoms with Crippen LogP contribution < -0.4 is 5.32 Å². The second kappa shape index (κ2) is 7.74. The highest BCUT2D eigenvalue weighted by molar-refractivity contribution is 5.82. The van der Waals surface area contributed by atoms with E-state index < -0.39 is 0 Å². The summed E-state index contributed by atoms with van der Waals surface area (Å²) in [7, 11) is 0. The summed E-state index contributed by atoms with van der Waals surface area (Å²) >= 11 is 0. The third kappa shape index (κ3) is 4.04. The van der Waals surface area contributed by atoms with Crippen LogP contribution in [0.4, 0.5) is 0 Å². The standard InChI is InChI=1S/C19H23N5O/c1-3-16(18-11-17-13-21-14-22-19(17)23-18)4-2-15(1)12-20-5-6-24-7-9-25-10-8-24/h1-4,11,13-14,20H,5-10,12H2,(H,21,22,23). The van der Waals surface area contributed by atoms with Gasteiger partial charge in [0.1, 0.15) is 12.0 Å². The van der Waals surface area contributed by atoms with Crippen LogP contribution in [0.5, 0.6) is 0 Å². The van der Waals surface area contributed by atoms with Gasteiger partial charge in [0.15, 0.2) is 0 Å². The lowest BCUT2D eigenvalue weighted by Crippen LogP contribution is -2.40. The molecule has 1 aromatic carbocycles. The molecule has 1 aliphatic heterocycles. The third-order valence-electron chi connectivity index (χ3n) is 4.60. The number of ether oxygens (including phenoxy) is 1. The van der Waals surface area contributed by atoms with Crippen LogP contribution in [-0.4, -0.2) is 59.2 Å². The van der Waals surface area contributed by atoms with Crippen molar-refractivity contribution in [2.24, 2.45) is 0 Å². The molecule has 6 heteroatoms. The Morgan fingerprint density at radius 3 is 2.80 bits per heavy atom. The third-order valence-corrected chi connectivity index (χ3v) is 4.60. The molecule has 0 amide bonds. The Balaban J connectivity index is 1.30. The Bertz CT molecular complexity index is 775. The first-order chi connectivity index (χ1) is 12.4. The number of aromatic amines is 1. The van der Waals surface area contributed by atoms with Crippen LogP contribution in [-0.2, 0) is 11.3 Å². The Labute approximate surface area is 147 Å². The highest BCUT2D eigenvalue weighted by Gasteiger charge is 2.09. The van der Waals surface area contributed by atoms with Crippen molar-refractivity contribution < 1.29 is 4.74 Å². The van der Waals surface area contributed by atoms with Gasteiger partial charge in [-0.05, 0) is 17.2 Å². The SMILES string of the molecule is c1ncc2cc(-c3ccc(CNCCN4CCOCC4)cc3)[nH]c2n1. The minimum atomic E-state index is 0.862. The molecule has 0 spiro atoms. The highest BCUT2D eigenvalue weighted by Crippen LogP contribution is 2.22. The average Bonchev–Trinajstić information content (AvgIpc) is 3.11. The number of rotatable bonds is 6. The van der Waals surface area contributed by atoms with E-state index >= 15 is 0 Å². The van der Waals surface area contributed by atoms with Crippen molar-refractivity contribution in [1.82, 2.24) is 25.2 Å². The summed E-state index contributed by atoms with van der Waals surface area (Å²) in [6.07, 6.45) is 3.39. The van der Waals surface area contributed by atoms with Crippen LogP contribution in [0.25, 0.3) is 22.3 Å². The number of aromatic nitrogens is 3. The number of nitrogens with zero attached hydrogens (tertiary/aromatic N) is 3. The van der Waals surface area contributed by atoms with Gasteiger partial charge in [-0.2, -0.15) is 0 Å². The van der Waals surface area contributed by atoms with Gasteiger partial charge >= 0.3 is 0 Å². The zero-order valence-electron chi connectivity index (χ0n) is 14.2. The second-order valence-electron chi connectivity index (χ2n) is 6.34. The molecule has 0 atom stereocenters. The molecule has 0 radical (unpaired) electrons. The number of nitrogens with one attached hydrogen (secondary N) is 2. The van der Waals surface area contributed by atoms with Gasteiger partial charge in [-0.15, -0.1) is 0 Å². The van der Waals surface area contributed by atoms with Crippen LogP contribution in [0.3, 0.4) is 0 Å². The van der Waals surface area contributed by atoms with Gasteiger partial charge in [-0.1, -0.05) is 24.3 Å². The molecule has 130 valence electrons. The molecule has 4 rings (SSSR count). The first kappa shape index (κ1) is 16.2. The molecule has 0 aliphatic carbocycles. The van der Waals surface area contributed by atoms with Crippen LogP contribution in [0.2, 0.25) is 0 Å². The molecule has 2 aromatic heterocycles. The minimum absolute atomic E-state index is 0.862. The van der Waals surface area contributed by atoms with Crippen molar-refractivity contribution in [2.75, 3.05) is 39.4 Å². The van der Waals surface area contributed by atoms with E-state index in [2.05, 4.69) is 55.5 Å². The largest absolute Gasteiger partial charge is 0.379 e. The van der Waals surface area contributed by atoms with E-state index in [1.54, 1.807) is 6.33 Å². The molecule has 1 saturated heterocycles. The molecule has 0 saturated carbocycles. The molecular formula is C19H23N5O. The molecular weight excluding hydrogens is 314 g/mol. The summed E-state index contributed by atoms with van der Waals surface area (Å²) in [5, 5.41) is 4.55. The topological polar surface area (TPSA) is 66.1 Å². The fourth-order valence-corrected chi connectivity index (χ4v) is 3.12. The van der Waals surface area contributed by atoms with E-state index in [-0.39, 0.29) is 0 Å². The average molecular weight is 337 g/mol. The maximum absolute atomic E-state index is 5.37. The zero-order chi connectivity index (χ0) is 16.9. The van der Waals surface area contributed by atoms with Gasteiger partial charge in [0.2, 0.25) is 0 Å². The van der Waals surface area contributed by atoms with E-state index in [1.807, 2.05) is 6.20 Å². The maximum atomic E-state index is 5.37. The Morgan fingerprint density at radius 2 is 2.00 bits per heavy atom.